The van der Waals surface area contributed by atoms with Crippen molar-refractivity contribution < 1.29 is 10.2 Å². The molecule has 24 heavy (non-hydrogen) atoms. The van der Waals surface area contributed by atoms with Crippen LogP contribution in [0.4, 0.5) is 0 Å². The van der Waals surface area contributed by atoms with Gasteiger partial charge in [0.1, 0.15) is 5.75 Å². The predicted octanol–water partition coefficient (Wildman–Crippen LogP) is 2.30. The number of rotatable bonds is 0. The van der Waals surface area contributed by atoms with Crippen LogP contribution in [0.3, 0.4) is 0 Å². The zero-order chi connectivity index (χ0) is 16.4. The zero-order valence-electron chi connectivity index (χ0n) is 12.5. The first-order chi connectivity index (χ1) is 11.6. The summed E-state index contributed by atoms with van der Waals surface area (Å²) in [4.78, 5) is 20.6. The zero-order valence-corrected chi connectivity index (χ0v) is 12.5. The molecule has 2 aromatic carbocycles. The molecule has 4 aromatic rings. The van der Waals surface area contributed by atoms with E-state index in [0.717, 1.165) is 10.9 Å². The Kier molecular flexibility index (Phi) is 2.47. The Labute approximate surface area is 135 Å². The number of aromatic amines is 1. The van der Waals surface area contributed by atoms with Crippen LogP contribution in [-0.4, -0.2) is 24.7 Å². The maximum absolute atomic E-state index is 12.8. The number of hydrogen-bond donors (Lipinski definition) is 3. The lowest BCUT2D eigenvalue weighted by Gasteiger charge is -2.23. The lowest BCUT2D eigenvalue weighted by molar-refractivity contribution is 0.153. The quantitative estimate of drug-likeness (QED) is 0.464. The fourth-order valence-corrected chi connectivity index (χ4v) is 3.52. The molecule has 0 spiro atoms. The summed E-state index contributed by atoms with van der Waals surface area (Å²) in [6.45, 7) is 0.140. The van der Waals surface area contributed by atoms with E-state index >= 15 is 0 Å². The van der Waals surface area contributed by atoms with Crippen molar-refractivity contribution in [3.63, 3.8) is 0 Å². The van der Waals surface area contributed by atoms with Crippen LogP contribution in [0.15, 0.2) is 47.3 Å². The largest absolute Gasteiger partial charge is 0.508 e. The van der Waals surface area contributed by atoms with Crippen molar-refractivity contribution >= 4 is 21.8 Å². The van der Waals surface area contributed by atoms with E-state index in [1.807, 2.05) is 6.07 Å². The number of aromatic nitrogens is 3. The van der Waals surface area contributed by atoms with Crippen LogP contribution in [-0.2, 0) is 6.54 Å². The van der Waals surface area contributed by atoms with Crippen molar-refractivity contribution in [2.45, 2.75) is 12.6 Å². The lowest BCUT2D eigenvalue weighted by Crippen LogP contribution is -2.29. The minimum Gasteiger partial charge on any atom is -0.508 e. The molecule has 1 aliphatic heterocycles. The number of para-hydroxylation sites is 1. The smallest absolute Gasteiger partial charge is 0.261 e. The molecular formula is C18H13N3O3. The lowest BCUT2D eigenvalue weighted by atomic mass is 10.0. The van der Waals surface area contributed by atoms with Crippen LogP contribution in [0, 0.1) is 0 Å². The topological polar surface area (TPSA) is 91.1 Å². The van der Waals surface area contributed by atoms with Crippen molar-refractivity contribution in [3.8, 4) is 17.3 Å². The van der Waals surface area contributed by atoms with E-state index in [0.29, 0.717) is 28.0 Å². The first-order valence-electron chi connectivity index (χ1n) is 7.66. The number of benzene rings is 2. The predicted molar refractivity (Wildman–Crippen MR) is 89.9 cm³/mol. The van der Waals surface area contributed by atoms with Gasteiger partial charge in [-0.25, -0.2) is 4.98 Å². The number of fused-ring (bicyclic) bond motifs is 6. The Bertz CT molecular complexity index is 1190. The number of aromatic hydroxyl groups is 1. The van der Waals surface area contributed by atoms with E-state index in [2.05, 4.69) is 9.97 Å². The van der Waals surface area contributed by atoms with E-state index in [4.69, 9.17) is 0 Å². The van der Waals surface area contributed by atoms with Crippen LogP contribution in [0.5, 0.6) is 5.75 Å². The highest BCUT2D eigenvalue weighted by molar-refractivity contribution is 5.92. The fraction of sp³-hybridized carbons (Fsp3) is 0.111. The van der Waals surface area contributed by atoms with Crippen LogP contribution in [0.25, 0.3) is 33.3 Å². The molecular weight excluding hydrogens is 306 g/mol. The summed E-state index contributed by atoms with van der Waals surface area (Å²) in [5, 5.41) is 21.6. The molecule has 0 saturated heterocycles. The maximum atomic E-state index is 12.8. The molecule has 0 aliphatic carbocycles. The van der Waals surface area contributed by atoms with Crippen molar-refractivity contribution in [2.24, 2.45) is 0 Å². The van der Waals surface area contributed by atoms with Gasteiger partial charge in [0, 0.05) is 16.5 Å². The van der Waals surface area contributed by atoms with Crippen LogP contribution < -0.4 is 5.56 Å². The van der Waals surface area contributed by atoms with Gasteiger partial charge in [-0.15, -0.1) is 0 Å². The van der Waals surface area contributed by atoms with Gasteiger partial charge in [0.25, 0.3) is 5.56 Å². The molecule has 3 heterocycles. The molecule has 0 bridgehead atoms. The van der Waals surface area contributed by atoms with E-state index in [1.165, 1.54) is 4.57 Å². The summed E-state index contributed by atoms with van der Waals surface area (Å²) in [5.41, 5.74) is 2.53. The first-order valence-corrected chi connectivity index (χ1v) is 7.66. The van der Waals surface area contributed by atoms with Gasteiger partial charge in [-0.2, -0.15) is 0 Å². The summed E-state index contributed by atoms with van der Waals surface area (Å²) in [6.07, 6.45) is -0.844. The van der Waals surface area contributed by atoms with Crippen molar-refractivity contribution in [1.29, 1.82) is 0 Å². The van der Waals surface area contributed by atoms with Gasteiger partial charge in [0.05, 0.1) is 29.2 Å². The highest BCUT2D eigenvalue weighted by atomic mass is 16.3. The van der Waals surface area contributed by atoms with Crippen LogP contribution in [0.1, 0.15) is 11.7 Å². The standard InChI is InChI=1S/C18H13N3O3/c22-9-5-6-13-11(7-9)15-14(23)8-21-17(16(15)19-13)20-12-4-2-1-3-10(12)18(21)24/h1-7,14,19,22-23H,8H2/t14-/m1/s1. The molecule has 1 atom stereocenters. The summed E-state index contributed by atoms with van der Waals surface area (Å²) < 4.78 is 1.50. The molecule has 0 fully saturated rings. The normalized spacial score (nSPS) is 16.3. The minimum atomic E-state index is -0.844. The molecule has 0 saturated carbocycles. The summed E-state index contributed by atoms with van der Waals surface area (Å²) in [5.74, 6) is 0.639. The van der Waals surface area contributed by atoms with Gasteiger partial charge in [-0.05, 0) is 30.3 Å². The Balaban J connectivity index is 1.93. The number of phenolic OH excluding ortho intramolecular Hbond substituents is 1. The average molecular weight is 319 g/mol. The van der Waals surface area contributed by atoms with E-state index in [1.54, 1.807) is 36.4 Å². The second kappa shape index (κ2) is 4.46. The van der Waals surface area contributed by atoms with Gasteiger partial charge >= 0.3 is 0 Å². The monoisotopic (exact) mass is 319 g/mol. The minimum absolute atomic E-state index is 0.130. The number of nitrogens with zero attached hydrogens (tertiary/aromatic N) is 2. The second-order valence-electron chi connectivity index (χ2n) is 6.03. The van der Waals surface area contributed by atoms with Gasteiger partial charge in [0.2, 0.25) is 0 Å². The molecule has 2 aromatic heterocycles. The summed E-state index contributed by atoms with van der Waals surface area (Å²) >= 11 is 0. The number of H-pyrrole nitrogens is 1. The summed E-state index contributed by atoms with van der Waals surface area (Å²) in [7, 11) is 0. The molecule has 0 unspecified atom stereocenters. The molecule has 118 valence electrons. The Morgan fingerprint density at radius 2 is 2.00 bits per heavy atom. The van der Waals surface area contributed by atoms with Gasteiger partial charge in [-0.3, -0.25) is 9.36 Å². The summed E-state index contributed by atoms with van der Waals surface area (Å²) in [6, 6.07) is 12.1. The fourth-order valence-electron chi connectivity index (χ4n) is 3.52. The highest BCUT2D eigenvalue weighted by Gasteiger charge is 2.29. The number of aliphatic hydroxyl groups excluding tert-OH is 1. The van der Waals surface area contributed by atoms with E-state index < -0.39 is 6.10 Å². The van der Waals surface area contributed by atoms with Crippen molar-refractivity contribution in [1.82, 2.24) is 14.5 Å². The third-order valence-electron chi connectivity index (χ3n) is 4.60. The number of nitrogens with one attached hydrogen (secondary N) is 1. The first kappa shape index (κ1) is 13.3. The SMILES string of the molecule is O=c1c2ccccc2nc2n1C[C@@H](O)c1c-2[nH]c2ccc(O)cc12. The number of hydrogen-bond acceptors (Lipinski definition) is 4. The maximum Gasteiger partial charge on any atom is 0.261 e. The second-order valence-corrected chi connectivity index (χ2v) is 6.03. The Hall–Kier alpha value is -3.12. The Morgan fingerprint density at radius 3 is 2.88 bits per heavy atom. The van der Waals surface area contributed by atoms with Crippen molar-refractivity contribution in [3.05, 3.63) is 58.4 Å². The van der Waals surface area contributed by atoms with E-state index in [9.17, 15) is 15.0 Å². The molecule has 6 nitrogen and oxygen atoms in total. The van der Waals surface area contributed by atoms with Gasteiger partial charge in [-0.1, -0.05) is 12.1 Å². The molecule has 3 N–H and O–H groups in total. The molecule has 5 rings (SSSR count). The third kappa shape index (κ3) is 1.63. The number of aliphatic hydroxyl groups is 1. The molecule has 6 heteroatoms. The Morgan fingerprint density at radius 1 is 1.17 bits per heavy atom. The molecule has 0 amide bonds. The molecule has 0 radical (unpaired) electrons. The van der Waals surface area contributed by atoms with Crippen molar-refractivity contribution in [2.75, 3.05) is 0 Å². The third-order valence-corrected chi connectivity index (χ3v) is 4.60. The van der Waals surface area contributed by atoms with E-state index in [-0.39, 0.29) is 17.9 Å². The van der Waals surface area contributed by atoms with Gasteiger partial charge < -0.3 is 15.2 Å². The van der Waals surface area contributed by atoms with Crippen LogP contribution >= 0.6 is 0 Å². The van der Waals surface area contributed by atoms with Crippen LogP contribution in [0.2, 0.25) is 0 Å². The van der Waals surface area contributed by atoms with Gasteiger partial charge in [0.15, 0.2) is 5.82 Å². The highest BCUT2D eigenvalue weighted by Crippen LogP contribution is 2.39. The molecule has 1 aliphatic rings. The average Bonchev–Trinajstić information content (AvgIpc) is 2.96. The number of phenols is 1.